The molecule has 4 heterocycles. The molecule has 0 spiro atoms. The van der Waals surface area contributed by atoms with E-state index in [9.17, 15) is 19.2 Å². The third-order valence-corrected chi connectivity index (χ3v) is 9.27. The number of aromatic nitrogens is 2. The average Bonchev–Trinajstić information content (AvgIpc) is 3.62. The molecular weight excluding hydrogens is 625 g/mol. The first kappa shape index (κ1) is 30.3. The van der Waals surface area contributed by atoms with E-state index in [0.29, 0.717) is 28.4 Å². The highest BCUT2D eigenvalue weighted by molar-refractivity contribution is 6.55. The van der Waals surface area contributed by atoms with Gasteiger partial charge >= 0.3 is 11.9 Å². The number of nitrogens with zero attached hydrogens (tertiary/aromatic N) is 3. The van der Waals surface area contributed by atoms with Crippen molar-refractivity contribution in [3.63, 3.8) is 0 Å². The quantitative estimate of drug-likeness (QED) is 0.143. The van der Waals surface area contributed by atoms with E-state index in [1.165, 1.54) is 14.8 Å². The van der Waals surface area contributed by atoms with Crippen molar-refractivity contribution < 1.29 is 33.4 Å². The Morgan fingerprint density at radius 1 is 1.00 bits per heavy atom. The molecule has 2 atom stereocenters. The number of esters is 2. The van der Waals surface area contributed by atoms with Crippen LogP contribution in [0.2, 0.25) is 0 Å². The number of ether oxygens (including phenoxy) is 3. The fraction of sp³-hybridized carbons (Fsp3) is 0.189. The Morgan fingerprint density at radius 2 is 1.69 bits per heavy atom. The molecule has 2 aromatic heterocycles. The first-order valence-corrected chi connectivity index (χ1v) is 15.9. The summed E-state index contributed by atoms with van der Waals surface area (Å²) in [6, 6.07) is 24.3. The Bertz CT molecular complexity index is 2320. The second-order valence-corrected chi connectivity index (χ2v) is 12.2. The maximum Gasteiger partial charge on any atom is 0.355 e. The molecule has 49 heavy (non-hydrogen) atoms. The van der Waals surface area contributed by atoms with Crippen molar-refractivity contribution in [3.8, 4) is 28.3 Å². The fourth-order valence-corrected chi connectivity index (χ4v) is 6.87. The van der Waals surface area contributed by atoms with E-state index in [4.69, 9.17) is 24.0 Å². The predicted octanol–water partition coefficient (Wildman–Crippen LogP) is 4.60. The van der Waals surface area contributed by atoms with Crippen LogP contribution in [0.25, 0.3) is 33.4 Å². The van der Waals surface area contributed by atoms with Gasteiger partial charge in [0, 0.05) is 27.6 Å². The minimum atomic E-state index is -1.89. The van der Waals surface area contributed by atoms with Crippen LogP contribution in [0.3, 0.4) is 0 Å². The number of hydrogen-bond donors (Lipinski definition) is 0. The predicted molar refractivity (Wildman–Crippen MR) is 181 cm³/mol. The van der Waals surface area contributed by atoms with E-state index in [2.05, 4.69) is 5.16 Å². The van der Waals surface area contributed by atoms with Crippen LogP contribution in [0, 0.1) is 0 Å². The number of hydrogen-bond acceptors (Lipinski definition) is 10. The van der Waals surface area contributed by atoms with Crippen molar-refractivity contribution in [2.24, 2.45) is 5.16 Å². The molecule has 1 aliphatic carbocycles. The van der Waals surface area contributed by atoms with Crippen molar-refractivity contribution in [1.82, 2.24) is 9.55 Å². The monoisotopic (exact) mass is 653 g/mol. The minimum Gasteiger partial charge on any atom is -0.457 e. The maximum atomic E-state index is 13.9. The Kier molecular flexibility index (Phi) is 6.99. The van der Waals surface area contributed by atoms with Gasteiger partial charge in [-0.25, -0.2) is 14.6 Å². The topological polar surface area (TPSA) is 135 Å². The van der Waals surface area contributed by atoms with E-state index in [1.807, 2.05) is 54.6 Å². The molecule has 11 nitrogen and oxygen atoms in total. The lowest BCUT2D eigenvalue weighted by Crippen LogP contribution is -2.48. The van der Waals surface area contributed by atoms with Crippen molar-refractivity contribution in [2.75, 3.05) is 0 Å². The van der Waals surface area contributed by atoms with Crippen molar-refractivity contribution in [3.05, 3.63) is 117 Å². The van der Waals surface area contributed by atoms with Gasteiger partial charge in [-0.05, 0) is 54.8 Å². The third kappa shape index (κ3) is 4.74. The summed E-state index contributed by atoms with van der Waals surface area (Å²) in [6.45, 7) is 3.16. The summed E-state index contributed by atoms with van der Waals surface area (Å²) in [5.41, 5.74) is 5.02. The van der Waals surface area contributed by atoms with Gasteiger partial charge < -0.3 is 23.6 Å². The van der Waals surface area contributed by atoms with Gasteiger partial charge in [-0.2, -0.15) is 0 Å². The lowest BCUT2D eigenvalue weighted by molar-refractivity contribution is -0.195. The lowest BCUT2D eigenvalue weighted by atomic mass is 9.85. The van der Waals surface area contributed by atoms with Crippen LogP contribution in [0.5, 0.6) is 5.75 Å². The number of pyridine rings is 2. The van der Waals surface area contributed by atoms with Gasteiger partial charge in [-0.15, -0.1) is 0 Å². The zero-order valence-corrected chi connectivity index (χ0v) is 26.8. The van der Waals surface area contributed by atoms with E-state index in [-0.39, 0.29) is 36.3 Å². The summed E-state index contributed by atoms with van der Waals surface area (Å²) < 4.78 is 18.3. The zero-order chi connectivity index (χ0) is 34.0. The second-order valence-electron chi connectivity index (χ2n) is 12.2. The van der Waals surface area contributed by atoms with Gasteiger partial charge in [-0.1, -0.05) is 60.6 Å². The molecule has 0 saturated carbocycles. The molecule has 0 bridgehead atoms. The molecule has 0 amide bonds. The molecule has 3 aromatic carbocycles. The Balaban J connectivity index is 1.13. The minimum absolute atomic E-state index is 0.00634. The maximum absolute atomic E-state index is 13.9. The molecule has 0 radical (unpaired) electrons. The first-order chi connectivity index (χ1) is 23.7. The van der Waals surface area contributed by atoms with Crippen LogP contribution in [0.15, 0.2) is 88.8 Å². The highest BCUT2D eigenvalue weighted by Gasteiger charge is 2.51. The Morgan fingerprint density at radius 3 is 2.37 bits per heavy atom. The van der Waals surface area contributed by atoms with Crippen LogP contribution >= 0.6 is 0 Å². The van der Waals surface area contributed by atoms with E-state index in [0.717, 1.165) is 33.2 Å². The summed E-state index contributed by atoms with van der Waals surface area (Å²) in [5, 5.41) is 5.11. The second kappa shape index (κ2) is 11.3. The molecule has 0 N–H and O–H groups in total. The first-order valence-electron chi connectivity index (χ1n) is 15.9. The largest absolute Gasteiger partial charge is 0.457 e. The van der Waals surface area contributed by atoms with Crippen molar-refractivity contribution >= 4 is 42.3 Å². The van der Waals surface area contributed by atoms with Gasteiger partial charge in [0.05, 0.1) is 29.0 Å². The fourth-order valence-electron chi connectivity index (χ4n) is 6.87. The Hall–Kier alpha value is -6.04. The standard InChI is InChI=1S/C37H28BN3O8/c1-3-37(48-34(43)19(2)49-40-32-25-10-6-4-8-23(25)24-9-5-7-11-26(24)32)28-16-30-31-21(17-41(30)33(42)27(28)18-46-35(37)44)14-20-15-22(47-36(38)45)12-13-29(20)39-31/h4-16,19H,3,17-18,38H2,1-2H3/t19?,37-/m0/s1. The SMILES string of the molecule is BC(=O)Oc1ccc2nc3c(cc2c1)Cn1c-3cc2c(c1=O)COC(=O)[C@@]2(CC)OC(=O)C(C)ON=C1c2ccccc2-c2ccccc21. The summed E-state index contributed by atoms with van der Waals surface area (Å²) in [6.07, 6.45) is -1.19. The molecule has 12 heteroatoms. The van der Waals surface area contributed by atoms with Crippen molar-refractivity contribution in [2.45, 2.75) is 45.1 Å². The molecule has 1 unspecified atom stereocenters. The smallest absolute Gasteiger partial charge is 0.355 e. The van der Waals surface area contributed by atoms with Crippen LogP contribution in [-0.2, 0) is 42.7 Å². The summed E-state index contributed by atoms with van der Waals surface area (Å²) in [5.74, 6) is -1.67. The number of rotatable bonds is 6. The van der Waals surface area contributed by atoms with Gasteiger partial charge in [0.25, 0.3) is 5.56 Å². The van der Waals surface area contributed by atoms with E-state index >= 15 is 0 Å². The molecule has 0 fully saturated rings. The molecule has 0 saturated heterocycles. The molecule has 2 aliphatic heterocycles. The van der Waals surface area contributed by atoms with Crippen molar-refractivity contribution in [1.29, 1.82) is 0 Å². The third-order valence-electron chi connectivity index (χ3n) is 9.27. The zero-order valence-electron chi connectivity index (χ0n) is 26.8. The number of oxime groups is 1. The molecule has 8 rings (SSSR count). The van der Waals surface area contributed by atoms with E-state index in [1.54, 1.807) is 35.8 Å². The average molecular weight is 653 g/mol. The molecular formula is C37H28BN3O8. The van der Waals surface area contributed by atoms with Crippen LogP contribution in [0.1, 0.15) is 48.1 Å². The molecule has 5 aromatic rings. The summed E-state index contributed by atoms with van der Waals surface area (Å²) in [4.78, 5) is 63.1. The number of fused-ring (bicyclic) bond motifs is 8. The number of benzene rings is 3. The van der Waals surface area contributed by atoms with Gasteiger partial charge in [0.15, 0.2) is 0 Å². The number of cyclic esters (lactones) is 1. The number of carbonyl (C=O) groups is 3. The van der Waals surface area contributed by atoms with Gasteiger partial charge in [0.2, 0.25) is 25.4 Å². The van der Waals surface area contributed by atoms with E-state index < -0.39 is 29.5 Å². The summed E-state index contributed by atoms with van der Waals surface area (Å²) >= 11 is 0. The van der Waals surface area contributed by atoms with Crippen LogP contribution in [0.4, 0.5) is 4.79 Å². The molecule has 3 aliphatic rings. The Labute approximate surface area is 280 Å². The highest BCUT2D eigenvalue weighted by Crippen LogP contribution is 2.42. The van der Waals surface area contributed by atoms with Crippen LogP contribution in [-0.4, -0.2) is 47.0 Å². The normalized spacial score (nSPS) is 17.2. The van der Waals surface area contributed by atoms with Gasteiger partial charge in [-0.3, -0.25) is 9.59 Å². The molecule has 242 valence electrons. The number of carbonyl (C=O) groups excluding carboxylic acids is 3. The summed E-state index contributed by atoms with van der Waals surface area (Å²) in [7, 11) is 1.33. The van der Waals surface area contributed by atoms with Gasteiger partial charge in [0.1, 0.15) is 18.1 Å². The highest BCUT2D eigenvalue weighted by atomic mass is 16.7. The van der Waals surface area contributed by atoms with Crippen LogP contribution < -0.4 is 10.3 Å². The lowest BCUT2D eigenvalue weighted by Gasteiger charge is -2.36.